The highest BCUT2D eigenvalue weighted by Crippen LogP contribution is 2.27. The van der Waals surface area contributed by atoms with Gasteiger partial charge < -0.3 is 15.8 Å². The van der Waals surface area contributed by atoms with E-state index in [4.69, 9.17) is 5.73 Å². The number of ether oxygens (including phenoxy) is 1. The van der Waals surface area contributed by atoms with Gasteiger partial charge in [0.25, 0.3) is 0 Å². The van der Waals surface area contributed by atoms with Crippen molar-refractivity contribution in [1.82, 2.24) is 9.97 Å². The van der Waals surface area contributed by atoms with Crippen molar-refractivity contribution in [2.24, 2.45) is 0 Å². The number of aromatic nitrogens is 2. The minimum Gasteiger partial charge on any atom is -0.465 e. The molecule has 0 unspecified atom stereocenters. The number of methoxy groups -OCH3 is 1. The fraction of sp³-hybridized carbons (Fsp3) is 0.0870. The van der Waals surface area contributed by atoms with Crippen LogP contribution in [0.25, 0.3) is 22.2 Å². The van der Waals surface area contributed by atoms with Crippen LogP contribution in [0.3, 0.4) is 0 Å². The highest BCUT2D eigenvalue weighted by atomic mass is 19.1. The standard InChI is InChI=1S/C23H18F2N4O2/c1-31-23(30)21-16(24)10-15(11-17(21)25)20-7-5-18(26)22(29-20)28-12-13-4-6-19-14(9-13)3-2-8-27-19/h2-11H,12,26H2,1H3,(H,28,29). The van der Waals surface area contributed by atoms with E-state index in [0.717, 1.165) is 35.7 Å². The van der Waals surface area contributed by atoms with E-state index in [1.165, 1.54) is 0 Å². The molecule has 4 rings (SSSR count). The third kappa shape index (κ3) is 4.13. The van der Waals surface area contributed by atoms with Gasteiger partial charge in [-0.05, 0) is 48.0 Å². The van der Waals surface area contributed by atoms with Crippen molar-refractivity contribution in [2.75, 3.05) is 18.2 Å². The van der Waals surface area contributed by atoms with E-state index < -0.39 is 23.2 Å². The van der Waals surface area contributed by atoms with Crippen LogP contribution in [0.2, 0.25) is 0 Å². The first-order valence-electron chi connectivity index (χ1n) is 9.38. The Hall–Kier alpha value is -4.07. The Labute approximate surface area is 176 Å². The van der Waals surface area contributed by atoms with Gasteiger partial charge in [0.2, 0.25) is 0 Å². The Bertz CT molecular complexity index is 1270. The first-order chi connectivity index (χ1) is 15.0. The summed E-state index contributed by atoms with van der Waals surface area (Å²) < 4.78 is 33.0. The van der Waals surface area contributed by atoms with Gasteiger partial charge in [-0.25, -0.2) is 18.6 Å². The minimum atomic E-state index is -1.08. The Morgan fingerprint density at radius 2 is 1.87 bits per heavy atom. The zero-order chi connectivity index (χ0) is 22.0. The van der Waals surface area contributed by atoms with E-state index in [9.17, 15) is 13.6 Å². The number of hydrogen-bond donors (Lipinski definition) is 2. The van der Waals surface area contributed by atoms with Gasteiger partial charge >= 0.3 is 5.97 Å². The molecular formula is C23H18F2N4O2. The first kappa shape index (κ1) is 20.2. The molecule has 2 heterocycles. The second kappa shape index (κ2) is 8.35. The van der Waals surface area contributed by atoms with Gasteiger partial charge in [-0.1, -0.05) is 12.1 Å². The minimum absolute atomic E-state index is 0.169. The summed E-state index contributed by atoms with van der Waals surface area (Å²) >= 11 is 0. The van der Waals surface area contributed by atoms with Gasteiger partial charge in [0.1, 0.15) is 23.0 Å². The molecule has 0 atom stereocenters. The molecular weight excluding hydrogens is 402 g/mol. The second-order valence-corrected chi connectivity index (χ2v) is 6.82. The zero-order valence-electron chi connectivity index (χ0n) is 16.5. The van der Waals surface area contributed by atoms with Crippen molar-refractivity contribution >= 4 is 28.4 Å². The number of nitrogen functional groups attached to an aromatic ring is 1. The number of rotatable bonds is 5. The molecule has 0 amide bonds. The predicted molar refractivity (Wildman–Crippen MR) is 114 cm³/mol. The van der Waals surface area contributed by atoms with Gasteiger partial charge in [0, 0.05) is 23.7 Å². The molecule has 2 aromatic heterocycles. The number of hydrogen-bond acceptors (Lipinski definition) is 6. The quantitative estimate of drug-likeness (QED) is 0.460. The van der Waals surface area contributed by atoms with Crippen molar-refractivity contribution in [2.45, 2.75) is 6.54 Å². The lowest BCUT2D eigenvalue weighted by molar-refractivity contribution is 0.0590. The van der Waals surface area contributed by atoms with Crippen molar-refractivity contribution in [3.63, 3.8) is 0 Å². The smallest absolute Gasteiger partial charge is 0.343 e. The molecule has 4 aromatic rings. The number of halogens is 2. The molecule has 0 fully saturated rings. The van der Waals surface area contributed by atoms with Gasteiger partial charge in [-0.2, -0.15) is 0 Å². The molecule has 156 valence electrons. The largest absolute Gasteiger partial charge is 0.465 e. The number of fused-ring (bicyclic) bond motifs is 1. The summed E-state index contributed by atoms with van der Waals surface area (Å²) in [5, 5.41) is 4.16. The number of benzene rings is 2. The number of carbonyl (C=O) groups is 1. The molecule has 3 N–H and O–H groups in total. The summed E-state index contributed by atoms with van der Waals surface area (Å²) in [6, 6.07) is 14.9. The number of nitrogens with zero attached hydrogens (tertiary/aromatic N) is 2. The predicted octanol–water partition coefficient (Wildman–Crippen LogP) is 4.56. The van der Waals surface area contributed by atoms with Gasteiger partial charge in [-0.15, -0.1) is 0 Å². The Morgan fingerprint density at radius 3 is 2.61 bits per heavy atom. The zero-order valence-corrected chi connectivity index (χ0v) is 16.5. The third-order valence-electron chi connectivity index (χ3n) is 4.78. The lowest BCUT2D eigenvalue weighted by atomic mass is 10.1. The number of carbonyl (C=O) groups excluding carboxylic acids is 1. The molecule has 0 saturated carbocycles. The maximum atomic E-state index is 14.3. The fourth-order valence-electron chi connectivity index (χ4n) is 3.21. The molecule has 2 aromatic carbocycles. The Kier molecular flexibility index (Phi) is 5.44. The molecule has 0 spiro atoms. The first-order valence-corrected chi connectivity index (χ1v) is 9.38. The normalized spacial score (nSPS) is 10.8. The number of nitrogens with one attached hydrogen (secondary N) is 1. The van der Waals surface area contributed by atoms with Crippen LogP contribution in [-0.2, 0) is 11.3 Å². The van der Waals surface area contributed by atoms with Crippen LogP contribution in [0, 0.1) is 11.6 Å². The van der Waals surface area contributed by atoms with E-state index >= 15 is 0 Å². The van der Waals surface area contributed by atoms with Gasteiger partial charge in [0.05, 0.1) is 24.0 Å². The summed E-state index contributed by atoms with van der Waals surface area (Å²) in [5.74, 6) is -2.76. The van der Waals surface area contributed by atoms with Crippen LogP contribution in [0.4, 0.5) is 20.3 Å². The Morgan fingerprint density at radius 1 is 1.10 bits per heavy atom. The number of esters is 1. The number of pyridine rings is 2. The maximum absolute atomic E-state index is 14.3. The molecule has 0 aliphatic rings. The van der Waals surface area contributed by atoms with E-state index in [1.54, 1.807) is 18.3 Å². The molecule has 0 aliphatic heterocycles. The van der Waals surface area contributed by atoms with Crippen LogP contribution in [0.5, 0.6) is 0 Å². The summed E-state index contributed by atoms with van der Waals surface area (Å²) in [6.45, 7) is 0.440. The lowest BCUT2D eigenvalue weighted by Crippen LogP contribution is -2.08. The summed E-state index contributed by atoms with van der Waals surface area (Å²) in [7, 11) is 1.06. The average molecular weight is 420 g/mol. The summed E-state index contributed by atoms with van der Waals surface area (Å²) in [6.07, 6.45) is 1.74. The summed E-state index contributed by atoms with van der Waals surface area (Å²) in [5.41, 5.74) is 8.02. The van der Waals surface area contributed by atoms with Crippen LogP contribution in [0.1, 0.15) is 15.9 Å². The van der Waals surface area contributed by atoms with E-state index in [1.807, 2.05) is 30.3 Å². The van der Waals surface area contributed by atoms with Crippen molar-refractivity contribution < 1.29 is 18.3 Å². The van der Waals surface area contributed by atoms with Crippen LogP contribution >= 0.6 is 0 Å². The summed E-state index contributed by atoms with van der Waals surface area (Å²) in [4.78, 5) is 20.2. The van der Waals surface area contributed by atoms with E-state index in [0.29, 0.717) is 23.7 Å². The van der Waals surface area contributed by atoms with Crippen LogP contribution < -0.4 is 11.1 Å². The molecule has 8 heteroatoms. The van der Waals surface area contributed by atoms with Crippen LogP contribution in [0.15, 0.2) is 60.8 Å². The number of anilines is 2. The van der Waals surface area contributed by atoms with Crippen molar-refractivity contribution in [3.05, 3.63) is 83.6 Å². The van der Waals surface area contributed by atoms with Gasteiger partial charge in [-0.3, -0.25) is 4.98 Å². The van der Waals surface area contributed by atoms with Crippen molar-refractivity contribution in [1.29, 1.82) is 0 Å². The topological polar surface area (TPSA) is 90.1 Å². The molecule has 0 saturated heterocycles. The van der Waals surface area contributed by atoms with E-state index in [-0.39, 0.29) is 5.56 Å². The van der Waals surface area contributed by atoms with Crippen molar-refractivity contribution in [3.8, 4) is 11.3 Å². The number of nitrogens with two attached hydrogens (primary N) is 1. The monoisotopic (exact) mass is 420 g/mol. The van der Waals surface area contributed by atoms with E-state index in [2.05, 4.69) is 20.0 Å². The molecule has 31 heavy (non-hydrogen) atoms. The lowest BCUT2D eigenvalue weighted by Gasteiger charge is -2.12. The van der Waals surface area contributed by atoms with Gasteiger partial charge in [0.15, 0.2) is 0 Å². The third-order valence-corrected chi connectivity index (χ3v) is 4.78. The van der Waals surface area contributed by atoms with Crippen LogP contribution in [-0.4, -0.2) is 23.0 Å². The average Bonchev–Trinajstić information content (AvgIpc) is 2.77. The molecule has 0 radical (unpaired) electrons. The Balaban J connectivity index is 1.60. The maximum Gasteiger partial charge on any atom is 0.343 e. The fourth-order valence-corrected chi connectivity index (χ4v) is 3.21. The molecule has 6 nitrogen and oxygen atoms in total. The second-order valence-electron chi connectivity index (χ2n) is 6.82. The highest BCUT2D eigenvalue weighted by Gasteiger charge is 2.20. The highest BCUT2D eigenvalue weighted by molar-refractivity contribution is 5.90. The molecule has 0 aliphatic carbocycles. The SMILES string of the molecule is COC(=O)c1c(F)cc(-c2ccc(N)c(NCc3ccc4ncccc4c3)n2)cc1F. The molecule has 0 bridgehead atoms.